The summed E-state index contributed by atoms with van der Waals surface area (Å²) < 4.78 is 115. The zero-order valence-corrected chi connectivity index (χ0v) is 28.1. The van der Waals surface area contributed by atoms with Crippen LogP contribution in [0.3, 0.4) is 0 Å². The molecule has 4 nitrogen and oxygen atoms in total. The molecule has 0 bridgehead atoms. The maximum Gasteiger partial charge on any atom is 0.216 e. The van der Waals surface area contributed by atoms with Crippen molar-refractivity contribution >= 4 is 22.1 Å². The van der Waals surface area contributed by atoms with Gasteiger partial charge in [-0.2, -0.15) is 0 Å². The first kappa shape index (κ1) is 20.3. The summed E-state index contributed by atoms with van der Waals surface area (Å²) in [5, 5.41) is 1.30. The molecule has 0 aliphatic carbocycles. The Bertz CT molecular complexity index is 2870. The first-order chi connectivity index (χ1) is 29.0. The van der Waals surface area contributed by atoms with Crippen LogP contribution in [-0.4, -0.2) is 15.0 Å². The van der Waals surface area contributed by atoms with Crippen LogP contribution >= 0.6 is 0 Å². The number of hydrogen-bond acceptors (Lipinski definition) is 4. The minimum absolute atomic E-state index is 0. The van der Waals surface area contributed by atoms with E-state index in [1.807, 2.05) is 36.4 Å². The summed E-state index contributed by atoms with van der Waals surface area (Å²) >= 11 is 0. The van der Waals surface area contributed by atoms with Crippen molar-refractivity contribution in [2.24, 2.45) is 0 Å². The van der Waals surface area contributed by atoms with Crippen LogP contribution in [0.25, 0.3) is 55.7 Å². The van der Waals surface area contributed by atoms with E-state index in [0.717, 1.165) is 11.8 Å². The Morgan fingerprint density at radius 2 is 1.49 bits per heavy atom. The molecule has 0 saturated carbocycles. The Labute approximate surface area is 321 Å². The number of benzene rings is 4. The normalized spacial score (nSPS) is 16.3. The summed E-state index contributed by atoms with van der Waals surface area (Å²) in [6.07, 6.45) is 0.560. The molecule has 5 heteroatoms. The third kappa shape index (κ3) is 7.44. The number of pyridine rings is 3. The maximum absolute atomic E-state index is 8.59. The van der Waals surface area contributed by atoms with Gasteiger partial charge in [-0.25, -0.2) is 4.98 Å². The molecule has 4 aromatic heterocycles. The van der Waals surface area contributed by atoms with Gasteiger partial charge in [0.15, 0.2) is 0 Å². The molecular weight excluding hydrogens is 779 g/mol. The second-order valence-electron chi connectivity index (χ2n) is 10.8. The van der Waals surface area contributed by atoms with Gasteiger partial charge in [0.05, 0.1) is 5.58 Å². The Morgan fingerprint density at radius 1 is 0.714 bits per heavy atom. The van der Waals surface area contributed by atoms with Crippen LogP contribution in [0.5, 0.6) is 0 Å². The molecule has 1 radical (unpaired) electrons. The fourth-order valence-electron chi connectivity index (χ4n) is 5.19. The SMILES string of the molecule is [2H]C([2H])([2H])c1c[c-]c(-c2cc(-c3ccccc3)c(C([2H])([2H])[2H])cn2)cc1.[2H]C([2H])([2H])c1cnc(-c2[c-]ccc3c2oc2nc(C([2H])([2H])c4ccccc4)ccc23)cc1C([2H])([2H])[2H].[Ir]. The third-order valence-electron chi connectivity index (χ3n) is 7.58. The topological polar surface area (TPSA) is 51.8 Å². The molecule has 0 saturated heterocycles. The Kier molecular flexibility index (Phi) is 6.18. The van der Waals surface area contributed by atoms with Gasteiger partial charge in [0, 0.05) is 69.1 Å². The van der Waals surface area contributed by atoms with Crippen LogP contribution in [0.15, 0.2) is 132 Å². The summed E-state index contributed by atoms with van der Waals surface area (Å²) in [5.74, 6) is 0. The summed E-state index contributed by atoms with van der Waals surface area (Å²) in [7, 11) is 0. The molecule has 243 valence electrons. The molecule has 0 unspecified atom stereocenters. The minimum atomic E-state index is -2.66. The van der Waals surface area contributed by atoms with E-state index in [4.69, 9.17) is 23.6 Å². The minimum Gasteiger partial charge on any atom is -0.486 e. The average molecular weight is 828 g/mol. The molecule has 0 amide bonds. The van der Waals surface area contributed by atoms with Gasteiger partial charge >= 0.3 is 0 Å². The fraction of sp³-hybridized carbons (Fsp3) is 0.114. The molecule has 8 rings (SSSR count). The number of hydrogen-bond donors (Lipinski definition) is 0. The van der Waals surface area contributed by atoms with Crippen molar-refractivity contribution in [1.82, 2.24) is 15.0 Å². The number of nitrogens with zero attached hydrogens (tertiary/aromatic N) is 3. The summed E-state index contributed by atoms with van der Waals surface area (Å²) in [6.45, 7) is -9.78. The largest absolute Gasteiger partial charge is 0.486 e. The van der Waals surface area contributed by atoms with Gasteiger partial charge in [-0.15, -0.1) is 53.6 Å². The van der Waals surface area contributed by atoms with Gasteiger partial charge in [0.1, 0.15) is 0 Å². The number of fused-ring (bicyclic) bond motifs is 3. The average Bonchev–Trinajstić information content (AvgIpc) is 3.61. The van der Waals surface area contributed by atoms with Crippen LogP contribution in [0.4, 0.5) is 0 Å². The first-order valence-electron chi connectivity index (χ1n) is 21.9. The molecule has 4 heterocycles. The fourth-order valence-corrected chi connectivity index (χ4v) is 5.19. The van der Waals surface area contributed by atoms with Gasteiger partial charge in [-0.3, -0.25) is 0 Å². The van der Waals surface area contributed by atoms with Crippen LogP contribution in [0.1, 0.15) is 52.7 Å². The number of aromatic nitrogens is 3. The van der Waals surface area contributed by atoms with Crippen molar-refractivity contribution in [1.29, 1.82) is 0 Å². The van der Waals surface area contributed by atoms with E-state index >= 15 is 0 Å². The van der Waals surface area contributed by atoms with E-state index in [0.29, 0.717) is 44.3 Å². The van der Waals surface area contributed by atoms with Crippen LogP contribution in [-0.2, 0) is 26.5 Å². The second kappa shape index (κ2) is 14.9. The van der Waals surface area contributed by atoms with E-state index in [2.05, 4.69) is 27.1 Å². The third-order valence-corrected chi connectivity index (χ3v) is 7.58. The molecule has 49 heavy (non-hydrogen) atoms. The molecule has 0 spiro atoms. The van der Waals surface area contributed by atoms with Gasteiger partial charge in [0.2, 0.25) is 5.71 Å². The molecule has 8 aromatic rings. The monoisotopic (exact) mass is 828 g/mol. The van der Waals surface area contributed by atoms with Crippen LogP contribution in [0.2, 0.25) is 0 Å². The van der Waals surface area contributed by atoms with E-state index < -0.39 is 33.8 Å². The van der Waals surface area contributed by atoms with E-state index in [9.17, 15) is 0 Å². The van der Waals surface area contributed by atoms with Crippen LogP contribution < -0.4 is 0 Å². The van der Waals surface area contributed by atoms with Crippen molar-refractivity contribution in [2.45, 2.75) is 33.8 Å². The number of furan rings is 1. The quantitative estimate of drug-likeness (QED) is 0.162. The van der Waals surface area contributed by atoms with Crippen molar-refractivity contribution in [3.63, 3.8) is 0 Å². The van der Waals surface area contributed by atoms with Crippen molar-refractivity contribution < 1.29 is 43.7 Å². The molecule has 0 N–H and O–H groups in total. The predicted molar refractivity (Wildman–Crippen MR) is 196 cm³/mol. The maximum atomic E-state index is 8.59. The first-order valence-corrected chi connectivity index (χ1v) is 14.9. The van der Waals surface area contributed by atoms with Crippen LogP contribution in [0, 0.1) is 39.5 Å². The Morgan fingerprint density at radius 3 is 2.24 bits per heavy atom. The van der Waals surface area contributed by atoms with E-state index in [1.165, 1.54) is 24.4 Å². The molecule has 0 atom stereocenters. The molecule has 0 fully saturated rings. The summed E-state index contributed by atoms with van der Waals surface area (Å²) in [5.41, 5.74) is 3.93. The summed E-state index contributed by atoms with van der Waals surface area (Å²) in [4.78, 5) is 12.9. The van der Waals surface area contributed by atoms with Gasteiger partial charge < -0.3 is 14.4 Å². The van der Waals surface area contributed by atoms with Crippen molar-refractivity contribution in [2.75, 3.05) is 0 Å². The summed E-state index contributed by atoms with van der Waals surface area (Å²) in [6, 6.07) is 38.1. The van der Waals surface area contributed by atoms with E-state index in [-0.39, 0.29) is 59.5 Å². The van der Waals surface area contributed by atoms with Crippen molar-refractivity contribution in [3.8, 4) is 33.6 Å². The van der Waals surface area contributed by atoms with Crippen molar-refractivity contribution in [3.05, 3.63) is 173 Å². The second-order valence-corrected chi connectivity index (χ2v) is 10.8. The smallest absolute Gasteiger partial charge is 0.216 e. The molecule has 0 aliphatic heterocycles. The van der Waals surface area contributed by atoms with Gasteiger partial charge in [-0.05, 0) is 71.9 Å². The molecular formula is C44H35IrN3O-2. The zero-order valence-electron chi connectivity index (χ0n) is 39.7. The standard InChI is InChI=1S/C25H19N2O.C19H16N.Ir/c1-16-13-23(26-15-17(16)2)22-10-6-9-20-21-12-11-19(27-25(21)28-24(20)22)14-18-7-4-3-5-8-18;1-14-8-10-17(11-9-14)19-12-18(15(2)13-20-19)16-6-4-3-5-7-16;/h3-9,11-13,15H,14H2,1-2H3;3-10,12-13H,1-2H3;/q2*-1;/i1D3,2D3,14D2;1D3,2D3;. The number of rotatable bonds is 5. The van der Waals surface area contributed by atoms with Gasteiger partial charge in [-0.1, -0.05) is 96.2 Å². The molecule has 4 aromatic carbocycles. The Hall–Kier alpha value is -5.22. The Balaban J connectivity index is 0.000000217. The van der Waals surface area contributed by atoms with E-state index in [1.54, 1.807) is 60.7 Å². The molecule has 0 aliphatic rings. The predicted octanol–water partition coefficient (Wildman–Crippen LogP) is 10.9. The zero-order chi connectivity index (χ0) is 44.8. The van der Waals surface area contributed by atoms with Gasteiger partial charge in [0.25, 0.3) is 0 Å². The number of aryl methyl sites for hydroxylation is 4.